The molecule has 0 N–H and O–H groups in total. The predicted molar refractivity (Wildman–Crippen MR) is 73.1 cm³/mol. The lowest BCUT2D eigenvalue weighted by Crippen LogP contribution is -2.15. The second kappa shape index (κ2) is 5.26. The van der Waals surface area contributed by atoms with E-state index in [4.69, 9.17) is 9.47 Å². The highest BCUT2D eigenvalue weighted by molar-refractivity contribution is 5.97. The molecule has 2 aliphatic heterocycles. The second-order valence-electron chi connectivity index (χ2n) is 5.31. The van der Waals surface area contributed by atoms with E-state index in [2.05, 4.69) is 15.0 Å². The highest BCUT2D eigenvalue weighted by Crippen LogP contribution is 2.31. The second-order valence-corrected chi connectivity index (χ2v) is 5.31. The summed E-state index contributed by atoms with van der Waals surface area (Å²) in [7, 11) is 0. The Morgan fingerprint density at radius 3 is 1.73 bits per heavy atom. The molecule has 8 heteroatoms. The molecule has 0 bridgehead atoms. The van der Waals surface area contributed by atoms with Crippen molar-refractivity contribution in [2.45, 2.75) is 32.1 Å². The molecule has 0 fully saturated rings. The van der Waals surface area contributed by atoms with Crippen molar-refractivity contribution in [1.82, 2.24) is 4.98 Å². The summed E-state index contributed by atoms with van der Waals surface area (Å²) in [5.74, 6) is 0.234. The Bertz CT molecular complexity index is 609. The monoisotopic (exact) mass is 313 g/mol. The van der Waals surface area contributed by atoms with E-state index in [1.54, 1.807) is 0 Å². The number of alkyl halides is 3. The number of nitrogens with zero attached hydrogens (tertiary/aromatic N) is 3. The van der Waals surface area contributed by atoms with Gasteiger partial charge in [0.05, 0.1) is 17.6 Å². The quantitative estimate of drug-likeness (QED) is 0.842. The minimum Gasteiger partial charge on any atom is -0.474 e. The normalized spacial score (nSPS) is 24.6. The van der Waals surface area contributed by atoms with E-state index in [9.17, 15) is 13.2 Å². The summed E-state index contributed by atoms with van der Waals surface area (Å²) in [6.45, 7) is 4.29. The predicted octanol–water partition coefficient (Wildman–Crippen LogP) is 2.43. The van der Waals surface area contributed by atoms with Crippen LogP contribution in [0.5, 0.6) is 0 Å². The zero-order chi connectivity index (χ0) is 15.9. The summed E-state index contributed by atoms with van der Waals surface area (Å²) >= 11 is 0. The summed E-state index contributed by atoms with van der Waals surface area (Å²) in [5.41, 5.74) is -0.746. The average Bonchev–Trinajstić information content (AvgIpc) is 3.06. The Hall–Kier alpha value is -2.12. The fourth-order valence-electron chi connectivity index (χ4n) is 2.14. The molecule has 0 aliphatic carbocycles. The van der Waals surface area contributed by atoms with Crippen molar-refractivity contribution in [2.24, 2.45) is 9.98 Å². The Morgan fingerprint density at radius 1 is 0.955 bits per heavy atom. The number of aliphatic imine (C=N–C) groups is 2. The van der Waals surface area contributed by atoms with Crippen LogP contribution in [0.15, 0.2) is 22.1 Å². The van der Waals surface area contributed by atoms with Crippen LogP contribution >= 0.6 is 0 Å². The van der Waals surface area contributed by atoms with E-state index >= 15 is 0 Å². The SMILES string of the molecule is C[C@H]1COC(c2cc(C(F)(F)F)cc(C3=N[C@@H](C)CO3)n2)=N1. The lowest BCUT2D eigenvalue weighted by atomic mass is 10.1. The number of pyridine rings is 1. The standard InChI is InChI=1S/C14H14F3N3O2/c1-7-5-21-12(18-7)10-3-9(14(15,16)17)4-11(20-10)13-19-8(2)6-22-13/h3-4,7-8H,5-6H2,1-2H3/t7-,8-/m0/s1. The van der Waals surface area contributed by atoms with Gasteiger partial charge >= 0.3 is 6.18 Å². The molecule has 0 saturated heterocycles. The molecule has 1 aromatic heterocycles. The number of hydrogen-bond acceptors (Lipinski definition) is 5. The zero-order valence-corrected chi connectivity index (χ0v) is 12.0. The smallest absolute Gasteiger partial charge is 0.416 e. The highest BCUT2D eigenvalue weighted by atomic mass is 19.4. The van der Waals surface area contributed by atoms with Gasteiger partial charge in [-0.05, 0) is 26.0 Å². The molecule has 0 amide bonds. The van der Waals surface area contributed by atoms with E-state index < -0.39 is 11.7 Å². The van der Waals surface area contributed by atoms with E-state index in [0.717, 1.165) is 12.1 Å². The van der Waals surface area contributed by atoms with Gasteiger partial charge in [-0.15, -0.1) is 0 Å². The third kappa shape index (κ3) is 2.90. The van der Waals surface area contributed by atoms with E-state index in [-0.39, 0.29) is 35.3 Å². The van der Waals surface area contributed by atoms with Gasteiger partial charge in [-0.1, -0.05) is 0 Å². The van der Waals surface area contributed by atoms with Gasteiger partial charge in [0.2, 0.25) is 11.8 Å². The van der Waals surface area contributed by atoms with Crippen molar-refractivity contribution in [3.63, 3.8) is 0 Å². The van der Waals surface area contributed by atoms with E-state index in [1.807, 2.05) is 13.8 Å². The summed E-state index contributed by atoms with van der Waals surface area (Å²) in [6, 6.07) is 1.66. The lowest BCUT2D eigenvalue weighted by molar-refractivity contribution is -0.137. The Kier molecular flexibility index (Phi) is 3.54. The number of halogens is 3. The molecule has 0 radical (unpaired) electrons. The molecule has 2 atom stereocenters. The fraction of sp³-hybridized carbons (Fsp3) is 0.500. The molecule has 5 nitrogen and oxygen atoms in total. The van der Waals surface area contributed by atoms with Crippen molar-refractivity contribution in [1.29, 1.82) is 0 Å². The van der Waals surface area contributed by atoms with Crippen LogP contribution in [0.2, 0.25) is 0 Å². The van der Waals surface area contributed by atoms with Crippen LogP contribution in [0.25, 0.3) is 0 Å². The molecular weight excluding hydrogens is 299 g/mol. The van der Waals surface area contributed by atoms with Crippen molar-refractivity contribution >= 4 is 11.8 Å². The van der Waals surface area contributed by atoms with E-state index in [0.29, 0.717) is 13.2 Å². The molecule has 0 saturated carbocycles. The van der Waals surface area contributed by atoms with Gasteiger partial charge in [0.15, 0.2) is 0 Å². The van der Waals surface area contributed by atoms with Gasteiger partial charge in [-0.3, -0.25) is 0 Å². The van der Waals surface area contributed by atoms with Crippen molar-refractivity contribution in [2.75, 3.05) is 13.2 Å². The maximum Gasteiger partial charge on any atom is 0.416 e. The van der Waals surface area contributed by atoms with Crippen LogP contribution < -0.4 is 0 Å². The number of rotatable bonds is 2. The van der Waals surface area contributed by atoms with Crippen LogP contribution in [0.3, 0.4) is 0 Å². The van der Waals surface area contributed by atoms with Crippen molar-refractivity contribution < 1.29 is 22.6 Å². The van der Waals surface area contributed by atoms with Crippen LogP contribution in [0.4, 0.5) is 13.2 Å². The van der Waals surface area contributed by atoms with Gasteiger partial charge in [0.25, 0.3) is 0 Å². The van der Waals surface area contributed by atoms with Gasteiger partial charge in [-0.25, -0.2) is 15.0 Å². The van der Waals surface area contributed by atoms with Gasteiger partial charge in [-0.2, -0.15) is 13.2 Å². The first kappa shape index (κ1) is 14.8. The molecule has 2 aliphatic rings. The zero-order valence-electron chi connectivity index (χ0n) is 12.0. The van der Waals surface area contributed by atoms with E-state index in [1.165, 1.54) is 0 Å². The maximum atomic E-state index is 13.1. The summed E-state index contributed by atoms with van der Waals surface area (Å²) in [6.07, 6.45) is -4.50. The number of aromatic nitrogens is 1. The molecule has 3 rings (SSSR count). The third-order valence-electron chi connectivity index (χ3n) is 3.19. The molecule has 0 unspecified atom stereocenters. The minimum absolute atomic E-state index is 0.0417. The Morgan fingerprint density at radius 2 is 1.41 bits per heavy atom. The molecule has 22 heavy (non-hydrogen) atoms. The Labute approximate surface area is 124 Å². The maximum absolute atomic E-state index is 13.1. The lowest BCUT2D eigenvalue weighted by Gasteiger charge is -2.11. The number of ether oxygens (including phenoxy) is 2. The largest absolute Gasteiger partial charge is 0.474 e. The first-order chi connectivity index (χ1) is 10.3. The first-order valence-electron chi connectivity index (χ1n) is 6.84. The highest BCUT2D eigenvalue weighted by Gasteiger charge is 2.34. The summed E-state index contributed by atoms with van der Waals surface area (Å²) < 4.78 is 49.9. The Balaban J connectivity index is 2.07. The molecule has 1 aromatic rings. The van der Waals surface area contributed by atoms with Crippen molar-refractivity contribution in [3.8, 4) is 0 Å². The number of hydrogen-bond donors (Lipinski definition) is 0. The van der Waals surface area contributed by atoms with Gasteiger partial charge in [0.1, 0.15) is 24.6 Å². The third-order valence-corrected chi connectivity index (χ3v) is 3.19. The molecule has 3 heterocycles. The minimum atomic E-state index is -4.50. The molecule has 0 aromatic carbocycles. The summed E-state index contributed by atoms with van der Waals surface area (Å²) in [5, 5.41) is 0. The van der Waals surface area contributed by atoms with Gasteiger partial charge in [0, 0.05) is 0 Å². The molecular formula is C14H14F3N3O2. The summed E-state index contributed by atoms with van der Waals surface area (Å²) in [4.78, 5) is 12.5. The molecule has 0 spiro atoms. The topological polar surface area (TPSA) is 56.1 Å². The van der Waals surface area contributed by atoms with Crippen LogP contribution in [0, 0.1) is 0 Å². The van der Waals surface area contributed by atoms with Crippen LogP contribution in [0.1, 0.15) is 30.8 Å². The fourth-order valence-corrected chi connectivity index (χ4v) is 2.14. The molecule has 118 valence electrons. The van der Waals surface area contributed by atoms with Crippen molar-refractivity contribution in [3.05, 3.63) is 29.1 Å². The first-order valence-corrected chi connectivity index (χ1v) is 6.84. The van der Waals surface area contributed by atoms with Gasteiger partial charge < -0.3 is 9.47 Å². The average molecular weight is 313 g/mol. The van der Waals surface area contributed by atoms with Crippen LogP contribution in [-0.4, -0.2) is 42.1 Å². The van der Waals surface area contributed by atoms with Crippen LogP contribution in [-0.2, 0) is 15.7 Å².